The molecule has 90 valence electrons. The van der Waals surface area contributed by atoms with Gasteiger partial charge in [0.1, 0.15) is 0 Å². The largest absolute Gasteiger partial charge is 0.329 e. The second-order valence-corrected chi connectivity index (χ2v) is 5.20. The molecule has 1 unspecified atom stereocenters. The molecule has 1 fully saturated rings. The summed E-state index contributed by atoms with van der Waals surface area (Å²) in [5.74, 6) is 0. The minimum Gasteiger partial charge on any atom is -0.329 e. The molecule has 1 aliphatic heterocycles. The predicted molar refractivity (Wildman–Crippen MR) is 66.0 cm³/mol. The molecular formula is C12H27N3. The van der Waals surface area contributed by atoms with Gasteiger partial charge in [0.25, 0.3) is 0 Å². The van der Waals surface area contributed by atoms with Gasteiger partial charge in [-0.1, -0.05) is 6.92 Å². The Bertz CT molecular complexity index is 193. The first-order valence-electron chi connectivity index (χ1n) is 6.21. The van der Waals surface area contributed by atoms with Crippen LogP contribution >= 0.6 is 0 Å². The summed E-state index contributed by atoms with van der Waals surface area (Å²) in [6.45, 7) is 11.1. The van der Waals surface area contributed by atoms with Gasteiger partial charge in [-0.2, -0.15) is 0 Å². The summed E-state index contributed by atoms with van der Waals surface area (Å²) in [5, 5.41) is 0. The molecule has 0 aromatic rings. The number of nitrogens with zero attached hydrogens (tertiary/aromatic N) is 2. The lowest BCUT2D eigenvalue weighted by atomic mass is 9.94. The van der Waals surface area contributed by atoms with Crippen LogP contribution in [0.1, 0.15) is 33.6 Å². The van der Waals surface area contributed by atoms with Gasteiger partial charge in [-0.25, -0.2) is 0 Å². The van der Waals surface area contributed by atoms with Crippen molar-refractivity contribution in [3.63, 3.8) is 0 Å². The molecule has 0 aromatic carbocycles. The highest BCUT2D eigenvalue weighted by Gasteiger charge is 2.41. The third-order valence-corrected chi connectivity index (χ3v) is 3.60. The Kier molecular flexibility index (Phi) is 4.56. The fraction of sp³-hybridized carbons (Fsp3) is 1.00. The van der Waals surface area contributed by atoms with Crippen molar-refractivity contribution in [3.05, 3.63) is 0 Å². The fourth-order valence-electron chi connectivity index (χ4n) is 2.86. The van der Waals surface area contributed by atoms with Crippen molar-refractivity contribution >= 4 is 0 Å². The van der Waals surface area contributed by atoms with Crippen LogP contribution < -0.4 is 5.73 Å². The second-order valence-electron chi connectivity index (χ2n) is 5.20. The first-order chi connectivity index (χ1) is 7.05. The molecule has 0 aromatic heterocycles. The van der Waals surface area contributed by atoms with E-state index in [1.807, 2.05) is 0 Å². The lowest BCUT2D eigenvalue weighted by Crippen LogP contribution is -2.58. The normalized spacial score (nSPS) is 28.2. The molecule has 0 radical (unpaired) electrons. The zero-order valence-electron chi connectivity index (χ0n) is 10.8. The summed E-state index contributed by atoms with van der Waals surface area (Å²) in [6.07, 6.45) is 2.43. The Morgan fingerprint density at radius 1 is 1.47 bits per heavy atom. The quantitative estimate of drug-likeness (QED) is 0.743. The number of hydrogen-bond donors (Lipinski definition) is 1. The fourth-order valence-corrected chi connectivity index (χ4v) is 2.86. The summed E-state index contributed by atoms with van der Waals surface area (Å²) >= 11 is 0. The van der Waals surface area contributed by atoms with Crippen molar-refractivity contribution in [2.45, 2.75) is 45.2 Å². The van der Waals surface area contributed by atoms with E-state index < -0.39 is 0 Å². The molecule has 2 N–H and O–H groups in total. The average Bonchev–Trinajstić information content (AvgIpc) is 2.57. The maximum atomic E-state index is 6.03. The van der Waals surface area contributed by atoms with E-state index in [1.165, 1.54) is 25.9 Å². The minimum atomic E-state index is 0.235. The minimum absolute atomic E-state index is 0.235. The predicted octanol–water partition coefficient (Wildman–Crippen LogP) is 1.14. The van der Waals surface area contributed by atoms with E-state index >= 15 is 0 Å². The van der Waals surface area contributed by atoms with E-state index in [-0.39, 0.29) is 5.54 Å². The monoisotopic (exact) mass is 213 g/mol. The smallest absolute Gasteiger partial charge is 0.0473 e. The molecule has 0 aliphatic carbocycles. The Morgan fingerprint density at radius 3 is 2.47 bits per heavy atom. The molecular weight excluding hydrogens is 186 g/mol. The van der Waals surface area contributed by atoms with Gasteiger partial charge >= 0.3 is 0 Å². The van der Waals surface area contributed by atoms with Crippen LogP contribution in [0.15, 0.2) is 0 Å². The third-order valence-electron chi connectivity index (χ3n) is 3.60. The highest BCUT2D eigenvalue weighted by molar-refractivity contribution is 5.00. The molecule has 0 saturated carbocycles. The van der Waals surface area contributed by atoms with Crippen molar-refractivity contribution in [1.82, 2.24) is 9.80 Å². The van der Waals surface area contributed by atoms with Crippen molar-refractivity contribution < 1.29 is 0 Å². The number of hydrogen-bond acceptors (Lipinski definition) is 3. The van der Waals surface area contributed by atoms with Crippen LogP contribution in [0, 0.1) is 0 Å². The van der Waals surface area contributed by atoms with Crippen molar-refractivity contribution in [1.29, 1.82) is 0 Å². The van der Waals surface area contributed by atoms with Crippen molar-refractivity contribution in [2.24, 2.45) is 5.73 Å². The SMILES string of the molecule is CCCN(C(C)C)C1(CN)CCN(C)C1. The summed E-state index contributed by atoms with van der Waals surface area (Å²) in [6, 6.07) is 0.597. The van der Waals surface area contributed by atoms with E-state index in [2.05, 4.69) is 37.6 Å². The standard InChI is InChI=1S/C12H27N3/c1-5-7-15(11(2)3)12(9-13)6-8-14(4)10-12/h11H,5-10,13H2,1-4H3. The van der Waals surface area contributed by atoms with Gasteiger partial charge in [0.05, 0.1) is 0 Å². The van der Waals surface area contributed by atoms with E-state index in [9.17, 15) is 0 Å². The first kappa shape index (κ1) is 12.9. The van der Waals surface area contributed by atoms with Crippen LogP contribution in [0.2, 0.25) is 0 Å². The molecule has 1 saturated heterocycles. The van der Waals surface area contributed by atoms with E-state index in [1.54, 1.807) is 0 Å². The summed E-state index contributed by atoms with van der Waals surface area (Å²) < 4.78 is 0. The Labute approximate surface area is 94.6 Å². The maximum absolute atomic E-state index is 6.03. The van der Waals surface area contributed by atoms with Gasteiger partial charge in [-0.15, -0.1) is 0 Å². The number of nitrogens with two attached hydrogens (primary N) is 1. The van der Waals surface area contributed by atoms with Crippen LogP contribution in [-0.2, 0) is 0 Å². The average molecular weight is 213 g/mol. The third kappa shape index (κ3) is 2.71. The van der Waals surface area contributed by atoms with Crippen LogP contribution in [0.3, 0.4) is 0 Å². The molecule has 0 amide bonds. The highest BCUT2D eigenvalue weighted by Crippen LogP contribution is 2.28. The van der Waals surface area contributed by atoms with Crippen LogP contribution in [0.25, 0.3) is 0 Å². The van der Waals surface area contributed by atoms with Gasteiger partial charge in [-0.05, 0) is 46.8 Å². The lowest BCUT2D eigenvalue weighted by Gasteiger charge is -2.43. The van der Waals surface area contributed by atoms with E-state index in [4.69, 9.17) is 5.73 Å². The van der Waals surface area contributed by atoms with Gasteiger partial charge in [0.15, 0.2) is 0 Å². The summed E-state index contributed by atoms with van der Waals surface area (Å²) in [7, 11) is 2.20. The molecule has 0 bridgehead atoms. The van der Waals surface area contributed by atoms with Crippen LogP contribution in [0.5, 0.6) is 0 Å². The number of likely N-dealkylation sites (tertiary alicyclic amines) is 1. The topological polar surface area (TPSA) is 32.5 Å². The number of rotatable bonds is 5. The molecule has 1 atom stereocenters. The molecule has 3 nitrogen and oxygen atoms in total. The van der Waals surface area contributed by atoms with Gasteiger partial charge < -0.3 is 10.6 Å². The maximum Gasteiger partial charge on any atom is 0.0473 e. The Morgan fingerprint density at radius 2 is 2.13 bits per heavy atom. The number of likely N-dealkylation sites (N-methyl/N-ethyl adjacent to an activating group) is 1. The molecule has 0 spiro atoms. The Balaban J connectivity index is 2.77. The van der Waals surface area contributed by atoms with E-state index in [0.29, 0.717) is 6.04 Å². The van der Waals surface area contributed by atoms with Crippen LogP contribution in [-0.4, -0.2) is 54.6 Å². The Hall–Kier alpha value is -0.120. The van der Waals surface area contributed by atoms with Crippen molar-refractivity contribution in [2.75, 3.05) is 33.2 Å². The zero-order valence-corrected chi connectivity index (χ0v) is 10.8. The van der Waals surface area contributed by atoms with Gasteiger partial charge in [-0.3, -0.25) is 4.90 Å². The van der Waals surface area contributed by atoms with Gasteiger partial charge in [0.2, 0.25) is 0 Å². The van der Waals surface area contributed by atoms with E-state index in [0.717, 1.165) is 13.1 Å². The molecule has 1 aliphatic rings. The van der Waals surface area contributed by atoms with Crippen molar-refractivity contribution in [3.8, 4) is 0 Å². The zero-order chi connectivity index (χ0) is 11.5. The molecule has 1 heterocycles. The first-order valence-corrected chi connectivity index (χ1v) is 6.21. The van der Waals surface area contributed by atoms with Gasteiger partial charge in [0, 0.05) is 24.7 Å². The molecule has 3 heteroatoms. The highest BCUT2D eigenvalue weighted by atomic mass is 15.3. The van der Waals surface area contributed by atoms with Crippen LogP contribution in [0.4, 0.5) is 0 Å². The lowest BCUT2D eigenvalue weighted by molar-refractivity contribution is 0.0690. The second kappa shape index (κ2) is 5.28. The summed E-state index contributed by atoms with van der Waals surface area (Å²) in [4.78, 5) is 5.01. The summed E-state index contributed by atoms with van der Waals surface area (Å²) in [5.41, 5.74) is 6.27. The molecule has 1 rings (SSSR count). The molecule has 15 heavy (non-hydrogen) atoms.